The molecule has 2 saturated heterocycles. The molecule has 3 aromatic heterocycles. The number of morpholine rings is 1. The van der Waals surface area contributed by atoms with Crippen LogP contribution in [-0.2, 0) is 14.3 Å². The van der Waals surface area contributed by atoms with Crippen molar-refractivity contribution in [2.75, 3.05) is 44.9 Å². The minimum absolute atomic E-state index is 0.0846. The molecule has 0 aliphatic carbocycles. The first-order valence-corrected chi connectivity index (χ1v) is 12.8. The first-order valence-electron chi connectivity index (χ1n) is 12.8. The third kappa shape index (κ3) is 4.36. The van der Waals surface area contributed by atoms with E-state index in [4.69, 9.17) is 14.5 Å². The molecule has 5 heterocycles. The zero-order chi connectivity index (χ0) is 25.4. The van der Waals surface area contributed by atoms with E-state index in [-0.39, 0.29) is 18.0 Å². The van der Waals surface area contributed by atoms with E-state index in [1.807, 2.05) is 17.2 Å². The molecule has 2 atom stereocenters. The molecule has 1 N–H and O–H groups in total. The number of rotatable bonds is 7. The Balaban J connectivity index is 1.40. The third-order valence-electron chi connectivity index (χ3n) is 7.36. The van der Waals surface area contributed by atoms with Gasteiger partial charge in [0.05, 0.1) is 38.1 Å². The van der Waals surface area contributed by atoms with Gasteiger partial charge in [-0.15, -0.1) is 0 Å². The minimum atomic E-state index is 0.0846. The lowest BCUT2D eigenvalue weighted by Gasteiger charge is -2.34. The van der Waals surface area contributed by atoms with Crippen molar-refractivity contribution in [1.29, 1.82) is 0 Å². The molecule has 10 nitrogen and oxygen atoms in total. The van der Waals surface area contributed by atoms with Gasteiger partial charge in [0, 0.05) is 44.3 Å². The Hall–Kier alpha value is -3.76. The normalized spacial score (nSPS) is 20.3. The number of nitrogens with zero attached hydrogens (tertiary/aromatic N) is 6. The van der Waals surface area contributed by atoms with Gasteiger partial charge in [-0.2, -0.15) is 14.9 Å². The van der Waals surface area contributed by atoms with Gasteiger partial charge in [0.1, 0.15) is 5.82 Å². The average Bonchev–Trinajstić information content (AvgIpc) is 3.67. The fourth-order valence-corrected chi connectivity index (χ4v) is 5.41. The van der Waals surface area contributed by atoms with E-state index in [0.717, 1.165) is 46.5 Å². The Morgan fingerprint density at radius 2 is 2.05 bits per heavy atom. The summed E-state index contributed by atoms with van der Waals surface area (Å²) in [6.07, 6.45) is 5.04. The number of H-pyrrole nitrogens is 1. The average molecular weight is 502 g/mol. The molecule has 1 unspecified atom stereocenters. The number of carbonyl (C=O) groups excluding carboxylic acids is 1. The van der Waals surface area contributed by atoms with Gasteiger partial charge in [-0.25, -0.2) is 4.98 Å². The fourth-order valence-electron chi connectivity index (χ4n) is 5.41. The van der Waals surface area contributed by atoms with Crippen LogP contribution >= 0.6 is 0 Å². The van der Waals surface area contributed by atoms with E-state index in [1.165, 1.54) is 0 Å². The smallest absolute Gasteiger partial charge is 0.223 e. The van der Waals surface area contributed by atoms with Crippen molar-refractivity contribution in [3.63, 3.8) is 0 Å². The quantitative estimate of drug-likeness (QED) is 0.414. The van der Waals surface area contributed by atoms with E-state index >= 15 is 0 Å². The Labute approximate surface area is 215 Å². The van der Waals surface area contributed by atoms with E-state index in [2.05, 4.69) is 57.5 Å². The van der Waals surface area contributed by atoms with E-state index in [9.17, 15) is 4.79 Å². The van der Waals surface area contributed by atoms with Gasteiger partial charge in [-0.3, -0.25) is 9.89 Å². The van der Waals surface area contributed by atoms with Crippen molar-refractivity contribution in [1.82, 2.24) is 29.9 Å². The van der Waals surface area contributed by atoms with Gasteiger partial charge in [0.15, 0.2) is 11.5 Å². The predicted molar refractivity (Wildman–Crippen MR) is 140 cm³/mol. The lowest BCUT2D eigenvalue weighted by molar-refractivity contribution is -0.129. The summed E-state index contributed by atoms with van der Waals surface area (Å²) in [4.78, 5) is 21.7. The summed E-state index contributed by atoms with van der Waals surface area (Å²) in [6, 6.07) is 12.9. The van der Waals surface area contributed by atoms with Crippen LogP contribution in [0.25, 0.3) is 28.0 Å². The van der Waals surface area contributed by atoms with Crippen LogP contribution < -0.4 is 4.90 Å². The summed E-state index contributed by atoms with van der Waals surface area (Å²) >= 11 is 0. The van der Waals surface area contributed by atoms with Crippen LogP contribution in [-0.4, -0.2) is 81.8 Å². The van der Waals surface area contributed by atoms with Gasteiger partial charge in [0.2, 0.25) is 5.91 Å². The number of anilines is 1. The Bertz CT molecular complexity index is 1380. The maximum absolute atomic E-state index is 12.4. The Morgan fingerprint density at radius 3 is 2.81 bits per heavy atom. The third-order valence-corrected chi connectivity index (χ3v) is 7.36. The number of likely N-dealkylation sites (tertiary alicyclic amines) is 1. The number of carbonyl (C=O) groups is 1. The molecule has 0 bridgehead atoms. The first-order chi connectivity index (χ1) is 18.1. The zero-order valence-corrected chi connectivity index (χ0v) is 21.1. The minimum Gasteiger partial charge on any atom is -0.383 e. The molecule has 2 aliphatic rings. The van der Waals surface area contributed by atoms with Gasteiger partial charge in [0.25, 0.3) is 0 Å². The number of benzene rings is 1. The lowest BCUT2D eigenvalue weighted by atomic mass is 9.98. The largest absolute Gasteiger partial charge is 0.383 e. The van der Waals surface area contributed by atoms with E-state index in [1.54, 1.807) is 18.0 Å². The maximum atomic E-state index is 12.4. The summed E-state index contributed by atoms with van der Waals surface area (Å²) in [7, 11) is 1.67. The molecule has 0 saturated carbocycles. The molecule has 1 aromatic carbocycles. The molecular formula is C27H31N7O3. The SMILES string of the molecule is COCCN1C(=O)CCC1c1ccc(-c2cc(N3CCOC[C@H]3C)nc3c2cnn3-c2cc[nH]n2)cc1. The number of hydrogen-bond donors (Lipinski definition) is 1. The van der Waals surface area contributed by atoms with Crippen LogP contribution in [0.3, 0.4) is 0 Å². The summed E-state index contributed by atoms with van der Waals surface area (Å²) in [5, 5.41) is 12.8. The molecule has 2 aliphatic heterocycles. The second kappa shape index (κ2) is 9.95. The summed E-state index contributed by atoms with van der Waals surface area (Å²) in [6.45, 7) is 5.43. The van der Waals surface area contributed by atoms with Gasteiger partial charge < -0.3 is 19.3 Å². The fraction of sp³-hybridized carbons (Fsp3) is 0.407. The van der Waals surface area contributed by atoms with Crippen LogP contribution in [0, 0.1) is 0 Å². The van der Waals surface area contributed by atoms with Crippen molar-refractivity contribution >= 4 is 22.8 Å². The molecule has 0 radical (unpaired) electrons. The van der Waals surface area contributed by atoms with Crippen molar-refractivity contribution < 1.29 is 14.3 Å². The number of pyridine rings is 1. The highest BCUT2D eigenvalue weighted by atomic mass is 16.5. The van der Waals surface area contributed by atoms with E-state index < -0.39 is 0 Å². The van der Waals surface area contributed by atoms with Crippen LogP contribution in [0.5, 0.6) is 0 Å². The molecule has 192 valence electrons. The standard InChI is InChI=1S/C27H31N7O3/c1-18-17-37-14-12-32(18)25-15-21(22-16-29-34(27(22)30-25)24-9-10-28-31-24)19-3-5-20(6-4-19)23-7-8-26(35)33(23)11-13-36-2/h3-6,9-10,15-16,18,23H,7-8,11-14,17H2,1-2H3,(H,28,31)/t18-,23?/m1/s1. The highest BCUT2D eigenvalue weighted by Gasteiger charge is 2.31. The molecule has 10 heteroatoms. The summed E-state index contributed by atoms with van der Waals surface area (Å²) < 4.78 is 12.7. The highest BCUT2D eigenvalue weighted by Crippen LogP contribution is 2.36. The van der Waals surface area contributed by atoms with Crippen LogP contribution in [0.15, 0.2) is 48.8 Å². The van der Waals surface area contributed by atoms with Gasteiger partial charge in [-0.1, -0.05) is 24.3 Å². The summed E-state index contributed by atoms with van der Waals surface area (Å²) in [5.74, 6) is 1.78. The molecule has 2 fully saturated rings. The topological polar surface area (TPSA) is 101 Å². The molecule has 4 aromatic rings. The van der Waals surface area contributed by atoms with Crippen molar-refractivity contribution in [3.05, 3.63) is 54.4 Å². The second-order valence-electron chi connectivity index (χ2n) is 9.63. The predicted octanol–water partition coefficient (Wildman–Crippen LogP) is 3.35. The van der Waals surface area contributed by atoms with Crippen molar-refractivity contribution in [2.45, 2.75) is 31.8 Å². The molecular weight excluding hydrogens is 470 g/mol. The lowest BCUT2D eigenvalue weighted by Crippen LogP contribution is -2.44. The molecule has 0 spiro atoms. The van der Waals surface area contributed by atoms with Gasteiger partial charge >= 0.3 is 0 Å². The number of amides is 1. The number of aromatic nitrogens is 5. The first kappa shape index (κ1) is 23.6. The highest BCUT2D eigenvalue weighted by molar-refractivity contribution is 5.95. The molecule has 1 amide bonds. The number of fused-ring (bicyclic) bond motifs is 1. The molecule has 37 heavy (non-hydrogen) atoms. The van der Waals surface area contributed by atoms with Crippen LogP contribution in [0.2, 0.25) is 0 Å². The number of aromatic amines is 1. The summed E-state index contributed by atoms with van der Waals surface area (Å²) in [5.41, 5.74) is 4.04. The number of methoxy groups -OCH3 is 1. The molecule has 6 rings (SSSR count). The number of hydrogen-bond acceptors (Lipinski definition) is 7. The Kier molecular flexibility index (Phi) is 6.35. The maximum Gasteiger partial charge on any atom is 0.223 e. The number of ether oxygens (including phenoxy) is 2. The Morgan fingerprint density at radius 1 is 1.19 bits per heavy atom. The van der Waals surface area contributed by atoms with Crippen LogP contribution in [0.1, 0.15) is 31.4 Å². The van der Waals surface area contributed by atoms with Crippen molar-refractivity contribution in [2.24, 2.45) is 0 Å². The van der Waals surface area contributed by atoms with Gasteiger partial charge in [-0.05, 0) is 36.1 Å². The van der Waals surface area contributed by atoms with E-state index in [0.29, 0.717) is 38.6 Å². The number of nitrogens with one attached hydrogen (secondary N) is 1. The van der Waals surface area contributed by atoms with Crippen molar-refractivity contribution in [3.8, 4) is 16.9 Å². The zero-order valence-electron chi connectivity index (χ0n) is 21.1. The second-order valence-corrected chi connectivity index (χ2v) is 9.63. The van der Waals surface area contributed by atoms with Crippen LogP contribution in [0.4, 0.5) is 5.82 Å². The monoisotopic (exact) mass is 501 g/mol.